The highest BCUT2D eigenvalue weighted by Gasteiger charge is 2.22. The first-order valence-electron chi connectivity index (χ1n) is 6.79. The lowest BCUT2D eigenvalue weighted by Crippen LogP contribution is -2.24. The minimum Gasteiger partial charge on any atom is -0.486 e. The average Bonchev–Trinajstić information content (AvgIpc) is 2.54. The third-order valence-electron chi connectivity index (χ3n) is 3.57. The standard InChI is InChI=1S/C16H15NO3/c1-2-4-13-12(3-1)17-10-16(20-13)11-5-6-14-15(9-11)19-8-7-18-14/h1-6,9,16-17H,7-8,10H2. The van der Waals surface area contributed by atoms with Crippen LogP contribution >= 0.6 is 0 Å². The molecule has 0 saturated heterocycles. The van der Waals surface area contributed by atoms with Crippen molar-refractivity contribution in [1.82, 2.24) is 0 Å². The molecule has 0 fully saturated rings. The topological polar surface area (TPSA) is 39.7 Å². The molecule has 102 valence electrons. The van der Waals surface area contributed by atoms with Gasteiger partial charge in [0, 0.05) is 0 Å². The lowest BCUT2D eigenvalue weighted by Gasteiger charge is -2.28. The molecule has 4 heteroatoms. The molecule has 2 heterocycles. The van der Waals surface area contributed by atoms with Crippen molar-refractivity contribution >= 4 is 5.69 Å². The predicted molar refractivity (Wildman–Crippen MR) is 75.7 cm³/mol. The third-order valence-corrected chi connectivity index (χ3v) is 3.57. The summed E-state index contributed by atoms with van der Waals surface area (Å²) >= 11 is 0. The average molecular weight is 269 g/mol. The molecule has 0 bridgehead atoms. The largest absolute Gasteiger partial charge is 0.486 e. The van der Waals surface area contributed by atoms with Gasteiger partial charge in [0.15, 0.2) is 11.5 Å². The van der Waals surface area contributed by atoms with Crippen molar-refractivity contribution in [1.29, 1.82) is 0 Å². The van der Waals surface area contributed by atoms with Crippen molar-refractivity contribution in [2.24, 2.45) is 0 Å². The zero-order valence-electron chi connectivity index (χ0n) is 11.0. The zero-order valence-corrected chi connectivity index (χ0v) is 11.0. The molecule has 20 heavy (non-hydrogen) atoms. The number of hydrogen-bond acceptors (Lipinski definition) is 4. The number of benzene rings is 2. The van der Waals surface area contributed by atoms with E-state index in [2.05, 4.69) is 5.32 Å². The Labute approximate surface area is 117 Å². The summed E-state index contributed by atoms with van der Waals surface area (Å²) in [5, 5.41) is 3.39. The summed E-state index contributed by atoms with van der Waals surface area (Å²) in [6.45, 7) is 1.96. The summed E-state index contributed by atoms with van der Waals surface area (Å²) in [6.07, 6.45) is -0.0132. The van der Waals surface area contributed by atoms with Gasteiger partial charge in [-0.05, 0) is 29.8 Å². The minimum atomic E-state index is -0.0132. The number of ether oxygens (including phenoxy) is 3. The number of nitrogens with one attached hydrogen (secondary N) is 1. The van der Waals surface area contributed by atoms with E-state index < -0.39 is 0 Å². The molecule has 4 nitrogen and oxygen atoms in total. The summed E-state index contributed by atoms with van der Waals surface area (Å²) in [5.74, 6) is 2.50. The van der Waals surface area contributed by atoms with Gasteiger partial charge in [-0.15, -0.1) is 0 Å². The van der Waals surface area contributed by atoms with Crippen molar-refractivity contribution in [3.05, 3.63) is 48.0 Å². The van der Waals surface area contributed by atoms with Gasteiger partial charge in [0.05, 0.1) is 12.2 Å². The second kappa shape index (κ2) is 4.63. The fourth-order valence-electron chi connectivity index (χ4n) is 2.56. The predicted octanol–water partition coefficient (Wildman–Crippen LogP) is 3.00. The Balaban J connectivity index is 1.63. The molecule has 2 aliphatic rings. The van der Waals surface area contributed by atoms with Gasteiger partial charge < -0.3 is 19.5 Å². The Morgan fingerprint density at radius 3 is 2.70 bits per heavy atom. The highest BCUT2D eigenvalue weighted by atomic mass is 16.6. The molecule has 0 amide bonds. The van der Waals surface area contributed by atoms with Gasteiger partial charge in [0.1, 0.15) is 25.1 Å². The van der Waals surface area contributed by atoms with E-state index in [0.29, 0.717) is 13.2 Å². The molecule has 4 rings (SSSR count). The normalized spacial score (nSPS) is 19.5. The lowest BCUT2D eigenvalue weighted by molar-refractivity contribution is 0.169. The van der Waals surface area contributed by atoms with E-state index in [1.54, 1.807) is 0 Å². The summed E-state index contributed by atoms with van der Waals surface area (Å²) in [5.41, 5.74) is 2.14. The molecule has 0 aliphatic carbocycles. The molecule has 0 saturated carbocycles. The molecule has 1 atom stereocenters. The van der Waals surface area contributed by atoms with Crippen LogP contribution in [0.5, 0.6) is 17.2 Å². The number of para-hydroxylation sites is 2. The molecule has 0 spiro atoms. The van der Waals surface area contributed by atoms with Gasteiger partial charge in [-0.25, -0.2) is 0 Å². The maximum absolute atomic E-state index is 6.05. The molecular weight excluding hydrogens is 254 g/mol. The summed E-state index contributed by atoms with van der Waals surface area (Å²) in [4.78, 5) is 0. The monoisotopic (exact) mass is 269 g/mol. The van der Waals surface area contributed by atoms with Gasteiger partial charge in [-0.1, -0.05) is 18.2 Å². The zero-order chi connectivity index (χ0) is 13.4. The van der Waals surface area contributed by atoms with Crippen LogP contribution < -0.4 is 19.5 Å². The maximum atomic E-state index is 6.05. The highest BCUT2D eigenvalue weighted by Crippen LogP contribution is 2.37. The number of rotatable bonds is 1. The van der Waals surface area contributed by atoms with E-state index >= 15 is 0 Å². The second-order valence-electron chi connectivity index (χ2n) is 4.89. The second-order valence-corrected chi connectivity index (χ2v) is 4.89. The molecular formula is C16H15NO3. The first-order chi connectivity index (χ1) is 9.90. The van der Waals surface area contributed by atoms with Gasteiger partial charge >= 0.3 is 0 Å². The highest BCUT2D eigenvalue weighted by molar-refractivity contribution is 5.58. The first-order valence-corrected chi connectivity index (χ1v) is 6.79. The van der Waals surface area contributed by atoms with Crippen molar-refractivity contribution in [2.75, 3.05) is 25.1 Å². The van der Waals surface area contributed by atoms with Crippen LogP contribution in [0, 0.1) is 0 Å². The summed E-state index contributed by atoms with van der Waals surface area (Å²) in [7, 11) is 0. The Morgan fingerprint density at radius 2 is 1.75 bits per heavy atom. The van der Waals surface area contributed by atoms with Gasteiger partial charge in [-0.3, -0.25) is 0 Å². The number of anilines is 1. The quantitative estimate of drug-likeness (QED) is 0.864. The smallest absolute Gasteiger partial charge is 0.161 e. The van der Waals surface area contributed by atoms with Crippen LogP contribution in [0.3, 0.4) is 0 Å². The van der Waals surface area contributed by atoms with Crippen molar-refractivity contribution in [2.45, 2.75) is 6.10 Å². The Morgan fingerprint density at radius 1 is 0.900 bits per heavy atom. The SMILES string of the molecule is c1ccc2c(c1)NCC(c1ccc3c(c1)OCCO3)O2. The molecule has 2 aromatic rings. The summed E-state index contributed by atoms with van der Waals surface area (Å²) in [6, 6.07) is 14.0. The molecule has 2 aliphatic heterocycles. The third kappa shape index (κ3) is 1.93. The molecule has 1 N–H and O–H groups in total. The van der Waals surface area contributed by atoms with Crippen LogP contribution in [0.15, 0.2) is 42.5 Å². The van der Waals surface area contributed by atoms with Gasteiger partial charge in [0.2, 0.25) is 0 Å². The summed E-state index contributed by atoms with van der Waals surface area (Å²) < 4.78 is 17.2. The fraction of sp³-hybridized carbons (Fsp3) is 0.250. The molecule has 0 radical (unpaired) electrons. The Bertz CT molecular complexity index is 641. The maximum Gasteiger partial charge on any atom is 0.161 e. The molecule has 2 aromatic carbocycles. The number of fused-ring (bicyclic) bond motifs is 2. The first kappa shape index (κ1) is 11.5. The van der Waals surface area contributed by atoms with E-state index in [9.17, 15) is 0 Å². The van der Waals surface area contributed by atoms with Crippen LogP contribution in [-0.2, 0) is 0 Å². The van der Waals surface area contributed by atoms with Crippen LogP contribution in [0.2, 0.25) is 0 Å². The Hall–Kier alpha value is -2.36. The van der Waals surface area contributed by atoms with Crippen LogP contribution in [-0.4, -0.2) is 19.8 Å². The minimum absolute atomic E-state index is 0.0132. The van der Waals surface area contributed by atoms with E-state index in [-0.39, 0.29) is 6.10 Å². The van der Waals surface area contributed by atoms with Gasteiger partial charge in [0.25, 0.3) is 0 Å². The van der Waals surface area contributed by atoms with Crippen LogP contribution in [0.1, 0.15) is 11.7 Å². The van der Waals surface area contributed by atoms with Crippen molar-refractivity contribution in [3.63, 3.8) is 0 Å². The van der Waals surface area contributed by atoms with Gasteiger partial charge in [-0.2, -0.15) is 0 Å². The van der Waals surface area contributed by atoms with Crippen LogP contribution in [0.4, 0.5) is 5.69 Å². The molecule has 0 aromatic heterocycles. The number of hydrogen-bond donors (Lipinski definition) is 1. The van der Waals surface area contributed by atoms with E-state index in [1.165, 1.54) is 0 Å². The van der Waals surface area contributed by atoms with Crippen LogP contribution in [0.25, 0.3) is 0 Å². The Kier molecular flexibility index (Phi) is 2.66. The van der Waals surface area contributed by atoms with Crippen molar-refractivity contribution < 1.29 is 14.2 Å². The molecule has 1 unspecified atom stereocenters. The van der Waals surface area contributed by atoms with E-state index in [4.69, 9.17) is 14.2 Å². The van der Waals surface area contributed by atoms with E-state index in [0.717, 1.165) is 35.0 Å². The fourth-order valence-corrected chi connectivity index (χ4v) is 2.56. The van der Waals surface area contributed by atoms with Crippen molar-refractivity contribution in [3.8, 4) is 17.2 Å². The lowest BCUT2D eigenvalue weighted by atomic mass is 10.1. The van der Waals surface area contributed by atoms with E-state index in [1.807, 2.05) is 42.5 Å².